The Bertz CT molecular complexity index is 948. The average molecular weight is 619 g/mol. The van der Waals surface area contributed by atoms with Gasteiger partial charge in [0.2, 0.25) is 0 Å². The van der Waals surface area contributed by atoms with E-state index in [2.05, 4.69) is 62.2 Å². The first kappa shape index (κ1) is 36.3. The van der Waals surface area contributed by atoms with Crippen LogP contribution in [0.3, 0.4) is 0 Å². The molecule has 8 heteroatoms. The summed E-state index contributed by atoms with van der Waals surface area (Å²) in [7, 11) is 3.42. The van der Waals surface area contributed by atoms with Crippen LogP contribution in [0.5, 0.6) is 11.5 Å². The van der Waals surface area contributed by atoms with Crippen LogP contribution < -0.4 is 14.8 Å². The molecule has 0 fully saturated rings. The molecule has 0 saturated heterocycles. The molecule has 6 nitrogen and oxygen atoms in total. The van der Waals surface area contributed by atoms with Crippen LogP contribution in [-0.2, 0) is 21.0 Å². The predicted molar refractivity (Wildman–Crippen MR) is 181 cm³/mol. The van der Waals surface area contributed by atoms with Gasteiger partial charge >= 0.3 is 5.97 Å². The Hall–Kier alpha value is -1.87. The molecule has 0 aromatic heterocycles. The summed E-state index contributed by atoms with van der Waals surface area (Å²) in [6.45, 7) is 16.7. The summed E-state index contributed by atoms with van der Waals surface area (Å²) in [5, 5.41) is 3.64. The lowest BCUT2D eigenvalue weighted by molar-refractivity contribution is -0.143. The summed E-state index contributed by atoms with van der Waals surface area (Å²) in [5.41, 5.74) is 2.64. The monoisotopic (exact) mass is 618 g/mol. The van der Waals surface area contributed by atoms with Gasteiger partial charge in [-0.2, -0.15) is 0 Å². The maximum absolute atomic E-state index is 11.5. The van der Waals surface area contributed by atoms with Crippen molar-refractivity contribution in [3.05, 3.63) is 59.7 Å². The summed E-state index contributed by atoms with van der Waals surface area (Å²) < 4.78 is 15.9. The molecule has 0 amide bonds. The highest BCUT2D eigenvalue weighted by molar-refractivity contribution is 8.00. The fourth-order valence-corrected chi connectivity index (χ4v) is 6.72. The van der Waals surface area contributed by atoms with Crippen molar-refractivity contribution < 1.29 is 19.0 Å². The van der Waals surface area contributed by atoms with E-state index in [0.29, 0.717) is 13.0 Å². The first-order valence-corrected chi connectivity index (χ1v) is 17.2. The topological polar surface area (TPSA) is 60.0 Å². The molecule has 0 aliphatic heterocycles. The Morgan fingerprint density at radius 1 is 0.762 bits per heavy atom. The lowest BCUT2D eigenvalue weighted by Gasteiger charge is -2.37. The molecule has 0 atom stereocenters. The number of rotatable bonds is 22. The Labute approximate surface area is 264 Å². The summed E-state index contributed by atoms with van der Waals surface area (Å²) in [6, 6.07) is 16.8. The first-order valence-electron chi connectivity index (χ1n) is 15.2. The molecule has 0 saturated carbocycles. The standard InChI is InChI=1S/C34H54N2O4S2/c1-8-40-32(37)12-10-9-11-21-35-22-23-36(26-33(2,3)41-24-28-13-17-30(38-6)18-14-28)27-34(4,5)42-25-29-15-19-31(39-7)20-16-29/h13-20,35H,8-12,21-27H2,1-7H3. The van der Waals surface area contributed by atoms with E-state index in [1.54, 1.807) is 14.2 Å². The third-order valence-corrected chi connectivity index (χ3v) is 9.71. The van der Waals surface area contributed by atoms with Crippen LogP contribution in [0.15, 0.2) is 48.5 Å². The molecule has 2 aromatic carbocycles. The van der Waals surface area contributed by atoms with E-state index in [0.717, 1.165) is 75.0 Å². The molecular formula is C34H54N2O4S2. The van der Waals surface area contributed by atoms with Crippen molar-refractivity contribution >= 4 is 29.5 Å². The van der Waals surface area contributed by atoms with Gasteiger partial charge in [0.15, 0.2) is 0 Å². The van der Waals surface area contributed by atoms with Crippen molar-refractivity contribution in [2.45, 2.75) is 81.3 Å². The lowest BCUT2D eigenvalue weighted by atomic mass is 10.1. The van der Waals surface area contributed by atoms with Crippen molar-refractivity contribution in [2.75, 3.05) is 53.6 Å². The van der Waals surface area contributed by atoms with Crippen LogP contribution in [0.1, 0.15) is 71.4 Å². The van der Waals surface area contributed by atoms with Crippen LogP contribution in [0, 0.1) is 0 Å². The molecule has 0 bridgehead atoms. The number of ether oxygens (including phenoxy) is 3. The van der Waals surface area contributed by atoms with E-state index in [9.17, 15) is 4.79 Å². The predicted octanol–water partition coefficient (Wildman–Crippen LogP) is 7.44. The van der Waals surface area contributed by atoms with Gasteiger partial charge in [-0.1, -0.05) is 30.7 Å². The first-order chi connectivity index (χ1) is 20.1. The third kappa shape index (κ3) is 15.6. The smallest absolute Gasteiger partial charge is 0.305 e. The Morgan fingerprint density at radius 3 is 1.71 bits per heavy atom. The molecule has 2 rings (SSSR count). The molecule has 236 valence electrons. The minimum absolute atomic E-state index is 0.0824. The Kier molecular flexibility index (Phi) is 16.8. The third-order valence-electron chi connectivity index (χ3n) is 6.93. The van der Waals surface area contributed by atoms with Gasteiger partial charge in [0, 0.05) is 53.6 Å². The van der Waals surface area contributed by atoms with Gasteiger partial charge in [-0.05, 0) is 89.4 Å². The molecule has 0 radical (unpaired) electrons. The summed E-state index contributed by atoms with van der Waals surface area (Å²) in [4.78, 5) is 14.2. The molecule has 0 heterocycles. The van der Waals surface area contributed by atoms with Gasteiger partial charge in [0.25, 0.3) is 0 Å². The summed E-state index contributed by atoms with van der Waals surface area (Å²) in [6.07, 6.45) is 3.53. The van der Waals surface area contributed by atoms with E-state index >= 15 is 0 Å². The van der Waals surface area contributed by atoms with Gasteiger partial charge in [-0.25, -0.2) is 0 Å². The SMILES string of the molecule is CCOC(=O)CCCCCNCCN(CC(C)(C)SCc1ccc(OC)cc1)CC(C)(C)SCc1ccc(OC)cc1. The number of unbranched alkanes of at least 4 members (excludes halogenated alkanes) is 2. The zero-order chi connectivity index (χ0) is 30.8. The van der Waals surface area contributed by atoms with E-state index in [1.807, 2.05) is 54.7 Å². The molecule has 42 heavy (non-hydrogen) atoms. The van der Waals surface area contributed by atoms with Crippen molar-refractivity contribution in [2.24, 2.45) is 0 Å². The van der Waals surface area contributed by atoms with Crippen LogP contribution in [0.25, 0.3) is 0 Å². The number of nitrogens with zero attached hydrogens (tertiary/aromatic N) is 1. The second-order valence-electron chi connectivity index (χ2n) is 11.9. The zero-order valence-electron chi connectivity index (χ0n) is 27.0. The molecule has 0 aliphatic carbocycles. The van der Waals surface area contributed by atoms with Gasteiger partial charge in [0.05, 0.1) is 20.8 Å². The van der Waals surface area contributed by atoms with Crippen LogP contribution in [0.4, 0.5) is 0 Å². The minimum Gasteiger partial charge on any atom is -0.497 e. The fourth-order valence-electron chi connectivity index (χ4n) is 4.67. The Morgan fingerprint density at radius 2 is 1.26 bits per heavy atom. The van der Waals surface area contributed by atoms with Gasteiger partial charge in [-0.3, -0.25) is 9.69 Å². The number of methoxy groups -OCH3 is 2. The number of thioether (sulfide) groups is 2. The van der Waals surface area contributed by atoms with E-state index in [1.165, 1.54) is 11.1 Å². The van der Waals surface area contributed by atoms with Crippen molar-refractivity contribution in [3.8, 4) is 11.5 Å². The second-order valence-corrected chi connectivity index (χ2v) is 15.2. The lowest BCUT2D eigenvalue weighted by Crippen LogP contribution is -2.46. The number of hydrogen-bond donors (Lipinski definition) is 1. The normalized spacial score (nSPS) is 12.0. The Balaban J connectivity index is 1.90. The van der Waals surface area contributed by atoms with Crippen molar-refractivity contribution in [3.63, 3.8) is 0 Å². The molecule has 0 unspecified atom stereocenters. The van der Waals surface area contributed by atoms with Gasteiger partial charge in [0.1, 0.15) is 11.5 Å². The van der Waals surface area contributed by atoms with Gasteiger partial charge in [-0.15, -0.1) is 23.5 Å². The largest absolute Gasteiger partial charge is 0.497 e. The average Bonchev–Trinajstić information content (AvgIpc) is 2.96. The summed E-state index contributed by atoms with van der Waals surface area (Å²) in [5.74, 6) is 3.67. The molecular weight excluding hydrogens is 565 g/mol. The highest BCUT2D eigenvalue weighted by Gasteiger charge is 2.28. The van der Waals surface area contributed by atoms with E-state index in [4.69, 9.17) is 14.2 Å². The number of carbonyl (C=O) groups excluding carboxylic acids is 1. The minimum atomic E-state index is -0.0824. The fraction of sp³-hybridized carbons (Fsp3) is 0.618. The number of nitrogens with one attached hydrogen (secondary N) is 1. The maximum atomic E-state index is 11.5. The number of esters is 1. The number of hydrogen-bond acceptors (Lipinski definition) is 8. The highest BCUT2D eigenvalue weighted by atomic mass is 32.2. The molecule has 0 aliphatic rings. The van der Waals surface area contributed by atoms with Crippen LogP contribution in [0.2, 0.25) is 0 Å². The zero-order valence-corrected chi connectivity index (χ0v) is 28.6. The maximum Gasteiger partial charge on any atom is 0.305 e. The van der Waals surface area contributed by atoms with Crippen molar-refractivity contribution in [1.29, 1.82) is 0 Å². The summed E-state index contributed by atoms with van der Waals surface area (Å²) >= 11 is 4.02. The number of carbonyl (C=O) groups is 1. The van der Waals surface area contributed by atoms with Crippen LogP contribution >= 0.6 is 23.5 Å². The van der Waals surface area contributed by atoms with E-state index < -0.39 is 0 Å². The quantitative estimate of drug-likeness (QED) is 0.108. The van der Waals surface area contributed by atoms with Crippen LogP contribution in [-0.4, -0.2) is 73.9 Å². The highest BCUT2D eigenvalue weighted by Crippen LogP contribution is 2.33. The molecule has 1 N–H and O–H groups in total. The number of benzene rings is 2. The van der Waals surface area contributed by atoms with Gasteiger partial charge < -0.3 is 19.5 Å². The second kappa shape index (κ2) is 19.4. The van der Waals surface area contributed by atoms with E-state index in [-0.39, 0.29) is 15.5 Å². The molecule has 2 aromatic rings. The molecule has 0 spiro atoms. The van der Waals surface area contributed by atoms with Crippen molar-refractivity contribution in [1.82, 2.24) is 10.2 Å².